The van der Waals surface area contributed by atoms with E-state index in [0.717, 1.165) is 17.1 Å². The maximum atomic E-state index is 13.0. The van der Waals surface area contributed by atoms with Gasteiger partial charge in [-0.25, -0.2) is 19.3 Å². The second-order valence-electron chi connectivity index (χ2n) is 4.63. The normalized spacial score (nSPS) is 10.6. The summed E-state index contributed by atoms with van der Waals surface area (Å²) in [5.41, 5.74) is 1.88. The predicted octanol–water partition coefficient (Wildman–Crippen LogP) is 3.84. The molecule has 3 rings (SSSR count). The lowest BCUT2D eigenvalue weighted by atomic mass is 10.1. The fourth-order valence-corrected chi connectivity index (χ4v) is 2.15. The Morgan fingerprint density at radius 2 is 2.00 bits per heavy atom. The minimum atomic E-state index is -0.400. The first-order valence-electron chi connectivity index (χ1n) is 6.90. The zero-order valence-corrected chi connectivity index (χ0v) is 12.1. The van der Waals surface area contributed by atoms with Crippen LogP contribution in [0.15, 0.2) is 49.2 Å². The van der Waals surface area contributed by atoms with Crippen LogP contribution in [0.3, 0.4) is 0 Å². The first kappa shape index (κ1) is 14.1. The highest BCUT2D eigenvalue weighted by molar-refractivity contribution is 5.89. The summed E-state index contributed by atoms with van der Waals surface area (Å²) in [7, 11) is 0. The molecule has 0 amide bonds. The van der Waals surface area contributed by atoms with E-state index in [4.69, 9.17) is 4.74 Å². The second-order valence-corrected chi connectivity index (χ2v) is 4.63. The molecule has 5 heteroatoms. The molecule has 4 nitrogen and oxygen atoms in total. The quantitative estimate of drug-likeness (QED) is 0.686. The van der Waals surface area contributed by atoms with Gasteiger partial charge in [0, 0.05) is 5.39 Å². The number of nitrogens with zero attached hydrogens (tertiary/aromatic N) is 3. The molecule has 0 aliphatic carbocycles. The Balaban J connectivity index is 2.20. The summed E-state index contributed by atoms with van der Waals surface area (Å²) >= 11 is 0. The van der Waals surface area contributed by atoms with Crippen LogP contribution in [0, 0.1) is 5.82 Å². The number of fused-ring (bicyclic) bond motifs is 1. The highest BCUT2D eigenvalue weighted by atomic mass is 19.1. The second kappa shape index (κ2) is 5.89. The molecule has 0 atom stereocenters. The van der Waals surface area contributed by atoms with Crippen molar-refractivity contribution in [2.75, 3.05) is 6.61 Å². The smallest absolute Gasteiger partial charge is 0.179 e. The maximum Gasteiger partial charge on any atom is 0.179 e. The number of aromatic nitrogens is 3. The van der Waals surface area contributed by atoms with Gasteiger partial charge in [-0.2, -0.15) is 0 Å². The molecule has 22 heavy (non-hydrogen) atoms. The predicted molar refractivity (Wildman–Crippen MR) is 83.4 cm³/mol. The van der Waals surface area contributed by atoms with E-state index in [1.54, 1.807) is 6.07 Å². The average molecular weight is 295 g/mol. The van der Waals surface area contributed by atoms with Gasteiger partial charge >= 0.3 is 0 Å². The fraction of sp³-hybridized carbons (Fsp3) is 0.118. The Morgan fingerprint density at radius 1 is 1.18 bits per heavy atom. The molecule has 2 heterocycles. The van der Waals surface area contributed by atoms with Crippen molar-refractivity contribution in [1.82, 2.24) is 15.0 Å². The Morgan fingerprint density at radius 3 is 2.73 bits per heavy atom. The Labute approximate surface area is 127 Å². The van der Waals surface area contributed by atoms with Crippen molar-refractivity contribution in [3.63, 3.8) is 0 Å². The van der Waals surface area contributed by atoms with Gasteiger partial charge in [-0.3, -0.25) is 0 Å². The standard InChI is InChI=1S/C17H14FN3O/c1-3-22-11(2)16-13-6-4-5-7-14(13)20-17(21-16)15-9-8-12(18)10-19-15/h4-10H,2-3H2,1H3. The Kier molecular flexibility index (Phi) is 3.78. The van der Waals surface area contributed by atoms with E-state index < -0.39 is 5.82 Å². The largest absolute Gasteiger partial charge is 0.492 e. The van der Waals surface area contributed by atoms with E-state index >= 15 is 0 Å². The van der Waals surface area contributed by atoms with Gasteiger partial charge in [0.2, 0.25) is 0 Å². The molecule has 2 aromatic heterocycles. The third kappa shape index (κ3) is 2.65. The lowest BCUT2D eigenvalue weighted by Crippen LogP contribution is -2.00. The van der Waals surface area contributed by atoms with Gasteiger partial charge in [0.25, 0.3) is 0 Å². The SMILES string of the molecule is C=C(OCC)c1nc(-c2ccc(F)cn2)nc2ccccc12. The summed E-state index contributed by atoms with van der Waals surface area (Å²) in [6.07, 6.45) is 1.14. The zero-order valence-electron chi connectivity index (χ0n) is 12.1. The highest BCUT2D eigenvalue weighted by Crippen LogP contribution is 2.25. The van der Waals surface area contributed by atoms with E-state index in [-0.39, 0.29) is 0 Å². The molecule has 0 bridgehead atoms. The number of ether oxygens (including phenoxy) is 1. The van der Waals surface area contributed by atoms with Crippen molar-refractivity contribution in [2.24, 2.45) is 0 Å². The van der Waals surface area contributed by atoms with Gasteiger partial charge in [-0.1, -0.05) is 24.8 Å². The highest BCUT2D eigenvalue weighted by Gasteiger charge is 2.13. The van der Waals surface area contributed by atoms with Crippen molar-refractivity contribution in [2.45, 2.75) is 6.92 Å². The third-order valence-electron chi connectivity index (χ3n) is 3.14. The van der Waals surface area contributed by atoms with Crippen LogP contribution in [0.25, 0.3) is 28.2 Å². The molecule has 0 unspecified atom stereocenters. The molecule has 0 saturated heterocycles. The molecule has 3 aromatic rings. The first-order chi connectivity index (χ1) is 10.7. The summed E-state index contributed by atoms with van der Waals surface area (Å²) in [6, 6.07) is 10.5. The number of hydrogen-bond donors (Lipinski definition) is 0. The van der Waals surface area contributed by atoms with Crippen LogP contribution < -0.4 is 0 Å². The topological polar surface area (TPSA) is 47.9 Å². The van der Waals surface area contributed by atoms with E-state index in [2.05, 4.69) is 21.5 Å². The molecular formula is C17H14FN3O. The van der Waals surface area contributed by atoms with Gasteiger partial charge in [0.1, 0.15) is 23.0 Å². The van der Waals surface area contributed by atoms with Gasteiger partial charge in [0.05, 0.1) is 18.3 Å². The average Bonchev–Trinajstić information content (AvgIpc) is 2.54. The number of para-hydroxylation sites is 1. The van der Waals surface area contributed by atoms with Crippen LogP contribution in [0.1, 0.15) is 12.6 Å². The molecule has 0 radical (unpaired) electrons. The molecule has 1 aromatic carbocycles. The van der Waals surface area contributed by atoms with Crippen molar-refractivity contribution >= 4 is 16.7 Å². The fourth-order valence-electron chi connectivity index (χ4n) is 2.15. The number of hydrogen-bond acceptors (Lipinski definition) is 4. The van der Waals surface area contributed by atoms with Crippen molar-refractivity contribution < 1.29 is 9.13 Å². The zero-order chi connectivity index (χ0) is 15.5. The Hall–Kier alpha value is -2.82. The molecule has 110 valence electrons. The lowest BCUT2D eigenvalue weighted by molar-refractivity contribution is 0.298. The van der Waals surface area contributed by atoms with E-state index in [1.807, 2.05) is 31.2 Å². The molecule has 0 fully saturated rings. The number of halogens is 1. The minimum Gasteiger partial charge on any atom is -0.492 e. The summed E-state index contributed by atoms with van der Waals surface area (Å²) in [6.45, 7) is 6.31. The van der Waals surface area contributed by atoms with Crippen LogP contribution in [0.4, 0.5) is 4.39 Å². The van der Waals surface area contributed by atoms with Crippen LogP contribution in [0.5, 0.6) is 0 Å². The summed E-state index contributed by atoms with van der Waals surface area (Å²) in [5, 5.41) is 0.854. The number of pyridine rings is 1. The van der Waals surface area contributed by atoms with Gasteiger partial charge in [0.15, 0.2) is 5.82 Å². The van der Waals surface area contributed by atoms with Gasteiger partial charge in [-0.05, 0) is 25.1 Å². The van der Waals surface area contributed by atoms with Crippen molar-refractivity contribution in [3.05, 3.63) is 60.7 Å². The summed E-state index contributed by atoms with van der Waals surface area (Å²) < 4.78 is 18.5. The van der Waals surface area contributed by atoms with Crippen molar-refractivity contribution in [3.8, 4) is 11.5 Å². The monoisotopic (exact) mass is 295 g/mol. The Bertz CT molecular complexity index is 831. The molecule has 0 aliphatic rings. The third-order valence-corrected chi connectivity index (χ3v) is 3.14. The van der Waals surface area contributed by atoms with Crippen molar-refractivity contribution in [1.29, 1.82) is 0 Å². The van der Waals surface area contributed by atoms with Crippen LogP contribution in [-0.4, -0.2) is 21.6 Å². The van der Waals surface area contributed by atoms with Crippen LogP contribution in [-0.2, 0) is 4.74 Å². The van der Waals surface area contributed by atoms with Crippen LogP contribution in [0.2, 0.25) is 0 Å². The molecule has 0 spiro atoms. The molecule has 0 N–H and O–H groups in total. The van der Waals surface area contributed by atoms with E-state index in [1.165, 1.54) is 6.07 Å². The minimum absolute atomic E-state index is 0.400. The maximum absolute atomic E-state index is 13.0. The van der Waals surface area contributed by atoms with Gasteiger partial charge in [-0.15, -0.1) is 0 Å². The van der Waals surface area contributed by atoms with E-state index in [9.17, 15) is 4.39 Å². The molecule has 0 saturated carbocycles. The van der Waals surface area contributed by atoms with Crippen LogP contribution >= 0.6 is 0 Å². The molecule has 0 aliphatic heterocycles. The summed E-state index contributed by atoms with van der Waals surface area (Å²) in [5.74, 6) is 0.488. The first-order valence-corrected chi connectivity index (χ1v) is 6.90. The number of rotatable bonds is 4. The summed E-state index contributed by atoms with van der Waals surface area (Å²) in [4.78, 5) is 13.0. The number of benzene rings is 1. The van der Waals surface area contributed by atoms with Gasteiger partial charge < -0.3 is 4.74 Å². The van der Waals surface area contributed by atoms with E-state index in [0.29, 0.717) is 29.6 Å². The molecular weight excluding hydrogens is 281 g/mol. The lowest BCUT2D eigenvalue weighted by Gasteiger charge is -2.11.